The molecular formula is C12H9FN2O3. The average Bonchev–Trinajstić information content (AvgIpc) is 2.34. The summed E-state index contributed by atoms with van der Waals surface area (Å²) in [7, 11) is 0. The Bertz CT molecular complexity index is 652. The van der Waals surface area contributed by atoms with E-state index in [0.717, 1.165) is 22.9 Å². The van der Waals surface area contributed by atoms with Crippen molar-refractivity contribution >= 4 is 5.69 Å². The van der Waals surface area contributed by atoms with Gasteiger partial charge in [0, 0.05) is 23.9 Å². The van der Waals surface area contributed by atoms with Crippen molar-refractivity contribution in [2.24, 2.45) is 0 Å². The zero-order valence-corrected chi connectivity index (χ0v) is 9.25. The number of hydrogen-bond donors (Lipinski definition) is 0. The van der Waals surface area contributed by atoms with E-state index in [2.05, 4.69) is 0 Å². The van der Waals surface area contributed by atoms with Crippen LogP contribution in [-0.4, -0.2) is 9.49 Å². The summed E-state index contributed by atoms with van der Waals surface area (Å²) in [6, 6.07) is 8.19. The Kier molecular flexibility index (Phi) is 3.18. The summed E-state index contributed by atoms with van der Waals surface area (Å²) in [6.07, 6.45) is 1.03. The molecule has 0 aliphatic carbocycles. The molecule has 2 aromatic rings. The van der Waals surface area contributed by atoms with Gasteiger partial charge < -0.3 is 4.57 Å². The van der Waals surface area contributed by atoms with E-state index < -0.39 is 16.3 Å². The lowest BCUT2D eigenvalue weighted by molar-refractivity contribution is -0.385. The van der Waals surface area contributed by atoms with E-state index in [0.29, 0.717) is 5.56 Å². The summed E-state index contributed by atoms with van der Waals surface area (Å²) < 4.78 is 14.1. The van der Waals surface area contributed by atoms with Crippen LogP contribution < -0.4 is 5.56 Å². The molecule has 92 valence electrons. The number of nitro benzene ring substituents is 1. The van der Waals surface area contributed by atoms with Crippen molar-refractivity contribution in [3.05, 3.63) is 74.4 Å². The second-order valence-electron chi connectivity index (χ2n) is 3.70. The minimum atomic E-state index is -0.562. The van der Waals surface area contributed by atoms with Crippen molar-refractivity contribution in [1.29, 1.82) is 0 Å². The Morgan fingerprint density at radius 1 is 1.22 bits per heavy atom. The highest BCUT2D eigenvalue weighted by Gasteiger charge is 2.13. The van der Waals surface area contributed by atoms with Gasteiger partial charge in [0.1, 0.15) is 5.82 Å². The predicted octanol–water partition coefficient (Wildman–Crippen LogP) is 1.94. The standard InChI is InChI=1S/C12H9FN2O3/c13-10-5-6-12(16)14(8-10)7-9-3-1-2-4-11(9)15(17)18/h1-6,8H,7H2. The van der Waals surface area contributed by atoms with Crippen LogP contribution in [0.3, 0.4) is 0 Å². The highest BCUT2D eigenvalue weighted by atomic mass is 19.1. The third kappa shape index (κ3) is 2.42. The second-order valence-corrected chi connectivity index (χ2v) is 3.70. The quantitative estimate of drug-likeness (QED) is 0.616. The lowest BCUT2D eigenvalue weighted by Crippen LogP contribution is -2.19. The molecule has 0 spiro atoms. The van der Waals surface area contributed by atoms with Crippen LogP contribution in [0.2, 0.25) is 0 Å². The number of nitrogens with zero attached hydrogens (tertiary/aromatic N) is 2. The van der Waals surface area contributed by atoms with Crippen molar-refractivity contribution in [2.45, 2.75) is 6.54 Å². The smallest absolute Gasteiger partial charge is 0.274 e. The fraction of sp³-hybridized carbons (Fsp3) is 0.0833. The third-order valence-corrected chi connectivity index (χ3v) is 2.48. The second kappa shape index (κ2) is 4.79. The van der Waals surface area contributed by atoms with Crippen molar-refractivity contribution in [3.8, 4) is 0 Å². The molecule has 6 heteroatoms. The predicted molar refractivity (Wildman–Crippen MR) is 62.9 cm³/mol. The molecule has 5 nitrogen and oxygen atoms in total. The number of nitro groups is 1. The van der Waals surface area contributed by atoms with Gasteiger partial charge in [-0.2, -0.15) is 0 Å². The normalized spacial score (nSPS) is 10.3. The molecule has 0 amide bonds. The van der Waals surface area contributed by atoms with Gasteiger partial charge in [-0.15, -0.1) is 0 Å². The van der Waals surface area contributed by atoms with E-state index in [9.17, 15) is 19.3 Å². The van der Waals surface area contributed by atoms with Gasteiger partial charge in [0.2, 0.25) is 0 Å². The van der Waals surface area contributed by atoms with E-state index in [4.69, 9.17) is 0 Å². The Hall–Kier alpha value is -2.50. The molecule has 0 aliphatic heterocycles. The van der Waals surface area contributed by atoms with E-state index in [1.54, 1.807) is 6.07 Å². The molecule has 1 aromatic carbocycles. The van der Waals surface area contributed by atoms with Gasteiger partial charge in [-0.05, 0) is 6.07 Å². The van der Waals surface area contributed by atoms with Crippen molar-refractivity contribution in [3.63, 3.8) is 0 Å². The van der Waals surface area contributed by atoms with E-state index in [1.807, 2.05) is 0 Å². The molecular weight excluding hydrogens is 239 g/mol. The molecule has 0 aliphatic rings. The molecule has 0 N–H and O–H groups in total. The topological polar surface area (TPSA) is 65.1 Å². The monoisotopic (exact) mass is 248 g/mol. The maximum Gasteiger partial charge on any atom is 0.274 e. The minimum absolute atomic E-state index is 0.0340. The molecule has 1 heterocycles. The molecule has 0 atom stereocenters. The van der Waals surface area contributed by atoms with E-state index in [1.165, 1.54) is 18.2 Å². The Morgan fingerprint density at radius 3 is 2.67 bits per heavy atom. The van der Waals surface area contributed by atoms with Crippen LogP contribution in [0, 0.1) is 15.9 Å². The molecule has 0 bridgehead atoms. The Labute approximate surface area is 101 Å². The fourth-order valence-corrected chi connectivity index (χ4v) is 1.63. The SMILES string of the molecule is O=c1ccc(F)cn1Cc1ccccc1[N+](=O)[O-]. The molecule has 0 unspecified atom stereocenters. The zero-order valence-electron chi connectivity index (χ0n) is 9.25. The lowest BCUT2D eigenvalue weighted by Gasteiger charge is -2.06. The lowest BCUT2D eigenvalue weighted by atomic mass is 10.2. The van der Waals surface area contributed by atoms with Crippen LogP contribution in [0.15, 0.2) is 47.4 Å². The summed E-state index contributed by atoms with van der Waals surface area (Å²) in [5.74, 6) is -0.562. The number of hydrogen-bond acceptors (Lipinski definition) is 3. The van der Waals surface area contributed by atoms with Gasteiger partial charge in [-0.3, -0.25) is 14.9 Å². The van der Waals surface area contributed by atoms with Crippen molar-refractivity contribution in [1.82, 2.24) is 4.57 Å². The molecule has 1 aromatic heterocycles. The summed E-state index contributed by atoms with van der Waals surface area (Å²) >= 11 is 0. The van der Waals surface area contributed by atoms with Gasteiger partial charge in [-0.25, -0.2) is 4.39 Å². The summed E-state index contributed by atoms with van der Waals surface area (Å²) in [6.45, 7) is -0.0340. The minimum Gasteiger partial charge on any atom is -0.308 e. The van der Waals surface area contributed by atoms with Gasteiger partial charge in [0.05, 0.1) is 11.5 Å². The first kappa shape index (κ1) is 12.0. The largest absolute Gasteiger partial charge is 0.308 e. The third-order valence-electron chi connectivity index (χ3n) is 2.48. The first-order valence-corrected chi connectivity index (χ1v) is 5.16. The molecule has 0 radical (unpaired) electrons. The average molecular weight is 248 g/mol. The Balaban J connectivity index is 2.43. The highest BCUT2D eigenvalue weighted by Crippen LogP contribution is 2.18. The van der Waals surface area contributed by atoms with Crippen LogP contribution in [0.4, 0.5) is 10.1 Å². The fourth-order valence-electron chi connectivity index (χ4n) is 1.63. The van der Waals surface area contributed by atoms with E-state index >= 15 is 0 Å². The highest BCUT2D eigenvalue weighted by molar-refractivity contribution is 5.39. The molecule has 18 heavy (non-hydrogen) atoms. The molecule has 0 fully saturated rings. The number of benzene rings is 1. The van der Waals surface area contributed by atoms with Crippen LogP contribution in [0.5, 0.6) is 0 Å². The number of para-hydroxylation sites is 1. The van der Waals surface area contributed by atoms with Crippen molar-refractivity contribution in [2.75, 3.05) is 0 Å². The van der Waals surface area contributed by atoms with Gasteiger partial charge in [0.15, 0.2) is 0 Å². The van der Waals surface area contributed by atoms with Crippen molar-refractivity contribution < 1.29 is 9.31 Å². The summed E-state index contributed by atoms with van der Waals surface area (Å²) in [5, 5.41) is 10.8. The van der Waals surface area contributed by atoms with Crippen LogP contribution in [0.25, 0.3) is 0 Å². The molecule has 0 saturated heterocycles. The van der Waals surface area contributed by atoms with Crippen LogP contribution in [0.1, 0.15) is 5.56 Å². The van der Waals surface area contributed by atoms with Crippen LogP contribution in [-0.2, 0) is 6.54 Å². The molecule has 2 rings (SSSR count). The van der Waals surface area contributed by atoms with E-state index in [-0.39, 0.29) is 12.2 Å². The number of aromatic nitrogens is 1. The first-order chi connectivity index (χ1) is 8.58. The number of halogens is 1. The summed E-state index contributed by atoms with van der Waals surface area (Å²) in [4.78, 5) is 21.8. The van der Waals surface area contributed by atoms with Crippen LogP contribution >= 0.6 is 0 Å². The molecule has 0 saturated carbocycles. The van der Waals surface area contributed by atoms with Gasteiger partial charge >= 0.3 is 0 Å². The number of rotatable bonds is 3. The van der Waals surface area contributed by atoms with Gasteiger partial charge in [-0.1, -0.05) is 18.2 Å². The Morgan fingerprint density at radius 2 is 1.94 bits per heavy atom. The maximum absolute atomic E-state index is 13.0. The van der Waals surface area contributed by atoms with Gasteiger partial charge in [0.25, 0.3) is 11.2 Å². The number of pyridine rings is 1. The maximum atomic E-state index is 13.0. The zero-order chi connectivity index (χ0) is 13.1. The first-order valence-electron chi connectivity index (χ1n) is 5.16. The summed E-state index contributed by atoms with van der Waals surface area (Å²) in [5.41, 5.74) is -0.140.